The van der Waals surface area contributed by atoms with Crippen LogP contribution >= 0.6 is 0 Å². The normalized spacial score (nSPS) is 14.1. The van der Waals surface area contributed by atoms with E-state index in [-0.39, 0.29) is 5.97 Å². The molecule has 3 heterocycles. The Balaban J connectivity index is 1.72. The van der Waals surface area contributed by atoms with Gasteiger partial charge >= 0.3 is 5.97 Å². The molecule has 0 unspecified atom stereocenters. The molecule has 1 aromatic heterocycles. The minimum absolute atomic E-state index is 0.352. The first-order valence-corrected chi connectivity index (χ1v) is 8.73. The summed E-state index contributed by atoms with van der Waals surface area (Å²) in [6.07, 6.45) is 4.28. The van der Waals surface area contributed by atoms with Crippen molar-refractivity contribution in [2.45, 2.75) is 6.42 Å². The molecule has 0 atom stereocenters. The van der Waals surface area contributed by atoms with Crippen LogP contribution in [0.5, 0.6) is 0 Å². The van der Waals surface area contributed by atoms with E-state index in [9.17, 15) is 4.79 Å². The van der Waals surface area contributed by atoms with Crippen LogP contribution in [0.25, 0.3) is 0 Å². The summed E-state index contributed by atoms with van der Waals surface area (Å²) in [5.74, 6) is 0.479. The average molecular weight is 356 g/mol. The second kappa shape index (κ2) is 6.02. The number of methoxy groups -OCH3 is 1. The number of ether oxygens (including phenoxy) is 1. The first-order valence-electron chi connectivity index (χ1n) is 8.73. The number of carbonyl (C=O) groups excluding carboxylic acids is 1. The summed E-state index contributed by atoms with van der Waals surface area (Å²) in [5, 5.41) is 0. The van der Waals surface area contributed by atoms with Crippen molar-refractivity contribution in [3.8, 4) is 0 Å². The number of nitrogens with zero attached hydrogens (tertiary/aromatic N) is 4. The van der Waals surface area contributed by atoms with Gasteiger partial charge in [0.15, 0.2) is 5.82 Å². The summed E-state index contributed by atoms with van der Waals surface area (Å²) in [6.45, 7) is 0.875. The molecular weight excluding hydrogens is 340 g/mol. The maximum Gasteiger partial charge on any atom is 0.337 e. The molecule has 5 rings (SSSR count). The Kier molecular flexibility index (Phi) is 3.50. The monoisotopic (exact) mass is 356 g/mol. The van der Waals surface area contributed by atoms with Gasteiger partial charge in [0.25, 0.3) is 0 Å². The highest BCUT2D eigenvalue weighted by Crippen LogP contribution is 2.43. The number of rotatable bonds is 2. The summed E-state index contributed by atoms with van der Waals surface area (Å²) in [5.41, 5.74) is 6.55. The summed E-state index contributed by atoms with van der Waals surface area (Å²) in [4.78, 5) is 27.5. The fraction of sp³-hybridized carbons (Fsp3) is 0.143. The number of aromatic nitrogens is 2. The lowest BCUT2D eigenvalue weighted by Gasteiger charge is -2.19. The molecule has 27 heavy (non-hydrogen) atoms. The topological polar surface area (TPSA) is 67.7 Å². The van der Waals surface area contributed by atoms with E-state index in [4.69, 9.17) is 9.73 Å². The van der Waals surface area contributed by atoms with Crippen LogP contribution in [0.2, 0.25) is 0 Å². The average Bonchev–Trinajstić information content (AvgIpc) is 3.10. The number of anilines is 2. The lowest BCUT2D eigenvalue weighted by Crippen LogP contribution is -2.16. The molecule has 0 saturated carbocycles. The minimum Gasteiger partial charge on any atom is -0.465 e. The molecule has 2 aliphatic heterocycles. The van der Waals surface area contributed by atoms with Gasteiger partial charge in [-0.25, -0.2) is 19.8 Å². The predicted octanol–water partition coefficient (Wildman–Crippen LogP) is 3.44. The van der Waals surface area contributed by atoms with Gasteiger partial charge in [0, 0.05) is 17.7 Å². The highest BCUT2D eigenvalue weighted by molar-refractivity contribution is 6.19. The van der Waals surface area contributed by atoms with E-state index in [1.54, 1.807) is 24.7 Å². The van der Waals surface area contributed by atoms with Crippen molar-refractivity contribution in [1.82, 2.24) is 9.97 Å². The standard InChI is InChI=1S/C21H16N4O2/c1-27-21(26)15-7-5-13(6-8-15)18-16-4-2-3-14-9-10-25(19(14)16)20-17(24-18)11-22-12-23-20/h2-8,11-12H,9-10H2,1H3. The number of aliphatic imine (C=N–C) groups is 1. The van der Waals surface area contributed by atoms with E-state index in [0.717, 1.165) is 47.0 Å². The van der Waals surface area contributed by atoms with E-state index in [1.807, 2.05) is 12.1 Å². The number of para-hydroxylation sites is 1. The Morgan fingerprint density at radius 1 is 1.15 bits per heavy atom. The number of esters is 1. The van der Waals surface area contributed by atoms with E-state index in [2.05, 4.69) is 33.1 Å². The van der Waals surface area contributed by atoms with Crippen molar-refractivity contribution in [2.24, 2.45) is 4.99 Å². The molecule has 6 heteroatoms. The van der Waals surface area contributed by atoms with Gasteiger partial charge in [0.05, 0.1) is 30.3 Å². The number of carbonyl (C=O) groups is 1. The maximum atomic E-state index is 11.7. The molecule has 0 bridgehead atoms. The lowest BCUT2D eigenvalue weighted by molar-refractivity contribution is 0.0600. The zero-order valence-electron chi connectivity index (χ0n) is 14.7. The maximum absolute atomic E-state index is 11.7. The molecule has 6 nitrogen and oxygen atoms in total. The highest BCUT2D eigenvalue weighted by Gasteiger charge is 2.30. The Hall–Kier alpha value is -3.54. The molecule has 3 aromatic rings. The third-order valence-corrected chi connectivity index (χ3v) is 4.99. The van der Waals surface area contributed by atoms with Crippen molar-refractivity contribution in [3.05, 3.63) is 77.2 Å². The molecule has 0 aliphatic carbocycles. The van der Waals surface area contributed by atoms with Crippen LogP contribution in [0.15, 0.2) is 60.0 Å². The first-order chi connectivity index (χ1) is 13.3. The van der Waals surface area contributed by atoms with Crippen molar-refractivity contribution in [2.75, 3.05) is 18.6 Å². The molecule has 132 valence electrons. The Morgan fingerprint density at radius 3 is 2.81 bits per heavy atom. The summed E-state index contributed by atoms with van der Waals surface area (Å²) >= 11 is 0. The molecular formula is C21H16N4O2. The van der Waals surface area contributed by atoms with Crippen LogP contribution in [0.4, 0.5) is 17.2 Å². The summed E-state index contributed by atoms with van der Waals surface area (Å²) in [7, 11) is 1.38. The zero-order chi connectivity index (χ0) is 18.4. The van der Waals surface area contributed by atoms with Gasteiger partial charge in [-0.1, -0.05) is 30.3 Å². The second-order valence-corrected chi connectivity index (χ2v) is 6.48. The Bertz CT molecular complexity index is 1090. The molecule has 0 saturated heterocycles. The smallest absolute Gasteiger partial charge is 0.337 e. The highest BCUT2D eigenvalue weighted by atomic mass is 16.5. The molecule has 0 amide bonds. The molecule has 0 radical (unpaired) electrons. The number of hydrogen-bond acceptors (Lipinski definition) is 6. The zero-order valence-corrected chi connectivity index (χ0v) is 14.7. The van der Waals surface area contributed by atoms with Crippen molar-refractivity contribution >= 4 is 28.9 Å². The first kappa shape index (κ1) is 15.7. The van der Waals surface area contributed by atoms with Crippen LogP contribution in [0.1, 0.15) is 27.0 Å². The number of hydrogen-bond donors (Lipinski definition) is 0. The van der Waals surface area contributed by atoms with Gasteiger partial charge in [-0.2, -0.15) is 0 Å². The van der Waals surface area contributed by atoms with Crippen LogP contribution < -0.4 is 4.90 Å². The van der Waals surface area contributed by atoms with Crippen molar-refractivity contribution < 1.29 is 9.53 Å². The third kappa shape index (κ3) is 2.41. The van der Waals surface area contributed by atoms with Gasteiger partial charge in [0.1, 0.15) is 12.0 Å². The summed E-state index contributed by atoms with van der Waals surface area (Å²) in [6, 6.07) is 13.6. The third-order valence-electron chi connectivity index (χ3n) is 4.99. The Morgan fingerprint density at radius 2 is 2.00 bits per heavy atom. The SMILES string of the molecule is COC(=O)c1ccc(C2=Nc3cncnc3N3CCc4cccc2c43)cc1. The fourth-order valence-corrected chi connectivity index (χ4v) is 3.74. The molecule has 0 spiro atoms. The van der Waals surface area contributed by atoms with Gasteiger partial charge in [-0.15, -0.1) is 0 Å². The predicted molar refractivity (Wildman–Crippen MR) is 102 cm³/mol. The molecule has 0 fully saturated rings. The van der Waals surface area contributed by atoms with Crippen LogP contribution in [0, 0.1) is 0 Å². The van der Waals surface area contributed by atoms with Gasteiger partial charge in [-0.3, -0.25) is 0 Å². The van der Waals surface area contributed by atoms with E-state index in [0.29, 0.717) is 5.56 Å². The van der Waals surface area contributed by atoms with Crippen molar-refractivity contribution in [3.63, 3.8) is 0 Å². The van der Waals surface area contributed by atoms with Crippen LogP contribution in [-0.2, 0) is 11.2 Å². The van der Waals surface area contributed by atoms with E-state index in [1.165, 1.54) is 12.7 Å². The Labute approximate surface area is 156 Å². The quantitative estimate of drug-likeness (QED) is 0.658. The van der Waals surface area contributed by atoms with Gasteiger partial charge < -0.3 is 9.64 Å². The number of benzene rings is 2. The lowest BCUT2D eigenvalue weighted by atomic mass is 9.97. The summed E-state index contributed by atoms with van der Waals surface area (Å²) < 4.78 is 4.79. The van der Waals surface area contributed by atoms with Crippen LogP contribution in [0.3, 0.4) is 0 Å². The minimum atomic E-state index is -0.352. The second-order valence-electron chi connectivity index (χ2n) is 6.48. The van der Waals surface area contributed by atoms with Crippen LogP contribution in [-0.4, -0.2) is 35.3 Å². The largest absolute Gasteiger partial charge is 0.465 e. The fourth-order valence-electron chi connectivity index (χ4n) is 3.74. The molecule has 0 N–H and O–H groups in total. The van der Waals surface area contributed by atoms with Gasteiger partial charge in [-0.05, 0) is 24.1 Å². The molecule has 2 aliphatic rings. The van der Waals surface area contributed by atoms with E-state index < -0.39 is 0 Å². The molecule has 2 aromatic carbocycles. The van der Waals surface area contributed by atoms with E-state index >= 15 is 0 Å². The van der Waals surface area contributed by atoms with Crippen molar-refractivity contribution in [1.29, 1.82) is 0 Å². The van der Waals surface area contributed by atoms with Gasteiger partial charge in [0.2, 0.25) is 0 Å². The number of fused-ring (bicyclic) bond motifs is 2.